The average molecular weight is 295 g/mol. The highest BCUT2D eigenvalue weighted by Crippen LogP contribution is 2.23. The van der Waals surface area contributed by atoms with E-state index in [9.17, 15) is 9.18 Å². The van der Waals surface area contributed by atoms with Gasteiger partial charge in [-0.15, -0.1) is 11.3 Å². The number of hydrogen-bond acceptors (Lipinski definition) is 6. The molecule has 0 spiro atoms. The number of aromatic nitrogens is 1. The monoisotopic (exact) mass is 295 g/mol. The molecule has 106 valence electrons. The molecule has 5 nitrogen and oxygen atoms in total. The van der Waals surface area contributed by atoms with Gasteiger partial charge in [0, 0.05) is 11.1 Å². The number of benzene rings is 1. The van der Waals surface area contributed by atoms with Gasteiger partial charge in [-0.3, -0.25) is 0 Å². The molecule has 0 fully saturated rings. The van der Waals surface area contributed by atoms with Crippen molar-refractivity contribution in [1.82, 2.24) is 4.98 Å². The number of esters is 1. The fraction of sp³-hybridized carbons (Fsp3) is 0.231. The normalized spacial score (nSPS) is 10.3. The largest absolute Gasteiger partial charge is 0.462 e. The predicted octanol–water partition coefficient (Wildman–Crippen LogP) is 2.65. The minimum Gasteiger partial charge on any atom is -0.462 e. The predicted molar refractivity (Wildman–Crippen MR) is 76.2 cm³/mol. The molecule has 0 amide bonds. The summed E-state index contributed by atoms with van der Waals surface area (Å²) < 4.78 is 18.7. The van der Waals surface area contributed by atoms with Crippen molar-refractivity contribution < 1.29 is 13.9 Å². The smallest absolute Gasteiger partial charge is 0.340 e. The number of anilines is 2. The quantitative estimate of drug-likeness (QED) is 0.655. The zero-order valence-corrected chi connectivity index (χ0v) is 11.7. The van der Waals surface area contributed by atoms with Gasteiger partial charge in [-0.1, -0.05) is 0 Å². The van der Waals surface area contributed by atoms with E-state index in [0.717, 1.165) is 11.8 Å². The Bertz CT molecular complexity index is 602. The number of thiazole rings is 1. The summed E-state index contributed by atoms with van der Waals surface area (Å²) >= 11 is 1.46. The molecule has 0 bridgehead atoms. The number of nitrogens with two attached hydrogens (primary N) is 1. The number of rotatable bonds is 5. The van der Waals surface area contributed by atoms with E-state index in [-0.39, 0.29) is 23.5 Å². The summed E-state index contributed by atoms with van der Waals surface area (Å²) in [5.41, 5.74) is 8.52. The minimum absolute atomic E-state index is 0.0557. The van der Waals surface area contributed by atoms with E-state index in [1.165, 1.54) is 17.4 Å². The van der Waals surface area contributed by atoms with Crippen molar-refractivity contribution in [2.45, 2.75) is 13.5 Å². The van der Waals surface area contributed by atoms with Crippen LogP contribution in [-0.2, 0) is 11.3 Å². The third kappa shape index (κ3) is 3.24. The van der Waals surface area contributed by atoms with Crippen LogP contribution in [0.2, 0.25) is 0 Å². The van der Waals surface area contributed by atoms with E-state index in [1.54, 1.807) is 12.4 Å². The lowest BCUT2D eigenvalue weighted by Crippen LogP contribution is -2.10. The van der Waals surface area contributed by atoms with Gasteiger partial charge < -0.3 is 15.8 Å². The number of nitrogens with one attached hydrogen (secondary N) is 1. The zero-order valence-electron chi connectivity index (χ0n) is 10.9. The van der Waals surface area contributed by atoms with Gasteiger partial charge in [0.05, 0.1) is 35.6 Å². The Morgan fingerprint density at radius 2 is 2.35 bits per heavy atom. The molecule has 3 N–H and O–H groups in total. The molecule has 1 aromatic carbocycles. The third-order valence-corrected chi connectivity index (χ3v) is 3.21. The van der Waals surface area contributed by atoms with E-state index < -0.39 is 11.8 Å². The van der Waals surface area contributed by atoms with Crippen LogP contribution in [0, 0.1) is 5.82 Å². The number of halogens is 1. The summed E-state index contributed by atoms with van der Waals surface area (Å²) in [5.74, 6) is -1.09. The van der Waals surface area contributed by atoms with Crippen molar-refractivity contribution in [1.29, 1.82) is 0 Å². The maximum absolute atomic E-state index is 13.8. The highest BCUT2D eigenvalue weighted by Gasteiger charge is 2.15. The number of hydrogen-bond donors (Lipinski definition) is 2. The first-order valence-electron chi connectivity index (χ1n) is 5.99. The average Bonchev–Trinajstić information content (AvgIpc) is 2.91. The summed E-state index contributed by atoms with van der Waals surface area (Å²) in [5, 5.41) is 4.74. The molecule has 0 saturated carbocycles. The fourth-order valence-electron chi connectivity index (χ4n) is 1.62. The van der Waals surface area contributed by atoms with Crippen LogP contribution in [0.4, 0.5) is 15.8 Å². The minimum atomic E-state index is -0.568. The highest BCUT2D eigenvalue weighted by molar-refractivity contribution is 7.07. The van der Waals surface area contributed by atoms with Crippen molar-refractivity contribution >= 4 is 28.7 Å². The second-order valence-corrected chi connectivity index (χ2v) is 4.69. The molecular weight excluding hydrogens is 281 g/mol. The van der Waals surface area contributed by atoms with Crippen molar-refractivity contribution in [3.8, 4) is 0 Å². The van der Waals surface area contributed by atoms with Gasteiger partial charge in [0.25, 0.3) is 0 Å². The van der Waals surface area contributed by atoms with Gasteiger partial charge in [-0.05, 0) is 19.1 Å². The van der Waals surface area contributed by atoms with Crippen LogP contribution >= 0.6 is 11.3 Å². The van der Waals surface area contributed by atoms with Crippen LogP contribution in [-0.4, -0.2) is 17.6 Å². The van der Waals surface area contributed by atoms with Gasteiger partial charge in [0.2, 0.25) is 0 Å². The molecule has 2 rings (SSSR count). The van der Waals surface area contributed by atoms with Gasteiger partial charge >= 0.3 is 5.97 Å². The Hall–Kier alpha value is -2.15. The van der Waals surface area contributed by atoms with Crippen molar-refractivity contribution in [3.05, 3.63) is 40.1 Å². The molecule has 1 heterocycles. The van der Waals surface area contributed by atoms with E-state index in [1.807, 2.05) is 5.38 Å². The standard InChI is InChI=1S/C13H14FN3O2S/c1-2-19-13(18)9-3-12(10(14)4-11(9)15)16-5-8-6-20-7-17-8/h3-4,6-7,16H,2,5,15H2,1H3. The summed E-state index contributed by atoms with van der Waals surface area (Å²) in [4.78, 5) is 15.8. The topological polar surface area (TPSA) is 77.2 Å². The first-order valence-corrected chi connectivity index (χ1v) is 6.93. The third-order valence-electron chi connectivity index (χ3n) is 2.58. The van der Waals surface area contributed by atoms with Crippen LogP contribution in [0.3, 0.4) is 0 Å². The first kappa shape index (κ1) is 14.3. The summed E-state index contributed by atoms with van der Waals surface area (Å²) in [6, 6.07) is 2.46. The Labute approximate surface area is 119 Å². The van der Waals surface area contributed by atoms with E-state index in [0.29, 0.717) is 6.54 Å². The molecule has 0 saturated heterocycles. The summed E-state index contributed by atoms with van der Waals surface area (Å²) in [7, 11) is 0. The first-order chi connectivity index (χ1) is 9.61. The molecule has 0 atom stereocenters. The van der Waals surface area contributed by atoms with E-state index in [4.69, 9.17) is 10.5 Å². The fourth-order valence-corrected chi connectivity index (χ4v) is 2.18. The molecule has 2 aromatic rings. The molecule has 0 aliphatic carbocycles. The van der Waals surface area contributed by atoms with Gasteiger partial charge in [-0.25, -0.2) is 14.2 Å². The Kier molecular flexibility index (Phi) is 4.52. The highest BCUT2D eigenvalue weighted by atomic mass is 32.1. The summed E-state index contributed by atoms with van der Waals surface area (Å²) in [6.07, 6.45) is 0. The number of ether oxygens (including phenoxy) is 1. The van der Waals surface area contributed by atoms with E-state index in [2.05, 4.69) is 10.3 Å². The molecule has 0 aliphatic rings. The van der Waals surface area contributed by atoms with Gasteiger partial charge in [0.15, 0.2) is 0 Å². The maximum Gasteiger partial charge on any atom is 0.340 e. The lowest BCUT2D eigenvalue weighted by molar-refractivity contribution is 0.0527. The number of nitrogens with zero attached hydrogens (tertiary/aromatic N) is 1. The van der Waals surface area contributed by atoms with Crippen molar-refractivity contribution in [2.24, 2.45) is 0 Å². The zero-order chi connectivity index (χ0) is 14.5. The van der Waals surface area contributed by atoms with E-state index >= 15 is 0 Å². The van der Waals surface area contributed by atoms with Crippen molar-refractivity contribution in [3.63, 3.8) is 0 Å². The van der Waals surface area contributed by atoms with Crippen LogP contribution in [0.25, 0.3) is 0 Å². The number of nitrogen functional groups attached to an aromatic ring is 1. The molecule has 0 unspecified atom stereocenters. The second-order valence-electron chi connectivity index (χ2n) is 3.97. The lowest BCUT2D eigenvalue weighted by Gasteiger charge is -2.10. The Balaban J connectivity index is 2.19. The van der Waals surface area contributed by atoms with Crippen LogP contribution in [0.15, 0.2) is 23.0 Å². The number of carbonyl (C=O) groups excluding carboxylic acids is 1. The molecule has 0 radical (unpaired) electrons. The van der Waals surface area contributed by atoms with Crippen LogP contribution in [0.1, 0.15) is 23.0 Å². The molecule has 0 aliphatic heterocycles. The van der Waals surface area contributed by atoms with Crippen LogP contribution in [0.5, 0.6) is 0 Å². The Morgan fingerprint density at radius 1 is 1.55 bits per heavy atom. The summed E-state index contributed by atoms with van der Waals surface area (Å²) in [6.45, 7) is 2.29. The Morgan fingerprint density at radius 3 is 3.00 bits per heavy atom. The van der Waals surface area contributed by atoms with Crippen LogP contribution < -0.4 is 11.1 Å². The molecule has 1 aromatic heterocycles. The molecular formula is C13H14FN3O2S. The second kappa shape index (κ2) is 6.33. The van der Waals surface area contributed by atoms with Gasteiger partial charge in [-0.2, -0.15) is 0 Å². The van der Waals surface area contributed by atoms with Crippen molar-refractivity contribution in [2.75, 3.05) is 17.7 Å². The maximum atomic E-state index is 13.8. The lowest BCUT2D eigenvalue weighted by atomic mass is 10.1. The SMILES string of the molecule is CCOC(=O)c1cc(NCc2cscn2)c(F)cc1N. The molecule has 7 heteroatoms. The van der Waals surface area contributed by atoms with Gasteiger partial charge in [0.1, 0.15) is 5.82 Å². The number of carbonyl (C=O) groups is 1. The molecule has 20 heavy (non-hydrogen) atoms.